The number of carbonyl (C=O) groups is 1. The fourth-order valence-corrected chi connectivity index (χ4v) is 2.79. The number of hydrogen-bond acceptors (Lipinski definition) is 4. The van der Waals surface area contributed by atoms with Crippen molar-refractivity contribution < 1.29 is 4.79 Å². The lowest BCUT2D eigenvalue weighted by Crippen LogP contribution is -2.37. The number of benzene rings is 1. The number of aromatic nitrogens is 3. The molecule has 0 aliphatic rings. The van der Waals surface area contributed by atoms with Crippen LogP contribution in [0.5, 0.6) is 0 Å². The third-order valence-electron chi connectivity index (χ3n) is 4.33. The van der Waals surface area contributed by atoms with Crippen LogP contribution < -0.4 is 10.9 Å². The summed E-state index contributed by atoms with van der Waals surface area (Å²) in [6.45, 7) is 2.23. The molecule has 0 saturated carbocycles. The van der Waals surface area contributed by atoms with Gasteiger partial charge in [0.15, 0.2) is 0 Å². The molecule has 0 bridgehead atoms. The maximum atomic E-state index is 12.4. The van der Waals surface area contributed by atoms with Gasteiger partial charge in [-0.3, -0.25) is 14.6 Å². The van der Waals surface area contributed by atoms with E-state index in [-0.39, 0.29) is 11.5 Å². The van der Waals surface area contributed by atoms with Gasteiger partial charge in [-0.2, -0.15) is 5.10 Å². The predicted molar refractivity (Wildman–Crippen MR) is 104 cm³/mol. The second-order valence-electron chi connectivity index (χ2n) is 6.29. The predicted octanol–water partition coefficient (Wildman–Crippen LogP) is 2.62. The Balaban J connectivity index is 1.61. The Hall–Kier alpha value is -3.28. The summed E-state index contributed by atoms with van der Waals surface area (Å²) in [4.78, 5) is 28.6. The van der Waals surface area contributed by atoms with Gasteiger partial charge < -0.3 is 5.32 Å². The number of aryl methyl sites for hydroxylation is 1. The lowest BCUT2D eigenvalue weighted by atomic mass is 10.1. The van der Waals surface area contributed by atoms with Gasteiger partial charge in [0.1, 0.15) is 6.04 Å². The first-order valence-electron chi connectivity index (χ1n) is 8.97. The summed E-state index contributed by atoms with van der Waals surface area (Å²) in [5, 5.41) is 7.24. The topological polar surface area (TPSA) is 76.9 Å². The highest BCUT2D eigenvalue weighted by Gasteiger charge is 2.17. The van der Waals surface area contributed by atoms with Gasteiger partial charge in [0.2, 0.25) is 5.91 Å². The maximum Gasteiger partial charge on any atom is 0.267 e. The van der Waals surface area contributed by atoms with E-state index in [2.05, 4.69) is 27.5 Å². The summed E-state index contributed by atoms with van der Waals surface area (Å²) in [7, 11) is 0. The van der Waals surface area contributed by atoms with Crippen LogP contribution in [0.4, 0.5) is 0 Å². The third kappa shape index (κ3) is 4.88. The first-order chi connectivity index (χ1) is 13.1. The molecule has 0 saturated heterocycles. The number of nitrogens with one attached hydrogen (secondary N) is 1. The van der Waals surface area contributed by atoms with Gasteiger partial charge in [-0.15, -0.1) is 0 Å². The summed E-state index contributed by atoms with van der Waals surface area (Å²) >= 11 is 0. The molecule has 138 valence electrons. The molecule has 1 unspecified atom stereocenters. The zero-order valence-corrected chi connectivity index (χ0v) is 15.2. The quantitative estimate of drug-likeness (QED) is 0.656. The number of pyridine rings is 1. The lowest BCUT2D eigenvalue weighted by molar-refractivity contribution is -0.124. The van der Waals surface area contributed by atoms with E-state index in [1.165, 1.54) is 16.3 Å². The van der Waals surface area contributed by atoms with Crippen LogP contribution in [0.15, 0.2) is 71.8 Å². The molecule has 27 heavy (non-hydrogen) atoms. The van der Waals surface area contributed by atoms with Crippen molar-refractivity contribution in [1.82, 2.24) is 20.1 Å². The Morgan fingerprint density at radius 1 is 1.07 bits per heavy atom. The monoisotopic (exact) mass is 362 g/mol. The van der Waals surface area contributed by atoms with Crippen molar-refractivity contribution in [1.29, 1.82) is 0 Å². The molecule has 1 N–H and O–H groups in total. The molecule has 1 aromatic carbocycles. The van der Waals surface area contributed by atoms with Gasteiger partial charge in [0.25, 0.3) is 5.56 Å². The van der Waals surface area contributed by atoms with Crippen LogP contribution in [-0.2, 0) is 11.2 Å². The van der Waals surface area contributed by atoms with Crippen LogP contribution in [-0.4, -0.2) is 27.2 Å². The molecule has 3 aromatic rings. The van der Waals surface area contributed by atoms with E-state index in [1.807, 2.05) is 30.3 Å². The van der Waals surface area contributed by atoms with Gasteiger partial charge in [-0.05, 0) is 43.5 Å². The SMILES string of the molecule is CC(C(=O)NCCCc1ccccc1)n1nc(-c2ccncc2)ccc1=O. The average Bonchev–Trinajstić information content (AvgIpc) is 2.72. The fourth-order valence-electron chi connectivity index (χ4n) is 2.79. The smallest absolute Gasteiger partial charge is 0.267 e. The molecule has 0 radical (unpaired) electrons. The summed E-state index contributed by atoms with van der Waals surface area (Å²) in [6, 6.07) is 16.1. The summed E-state index contributed by atoms with van der Waals surface area (Å²) in [5.41, 5.74) is 2.40. The van der Waals surface area contributed by atoms with Crippen molar-refractivity contribution in [2.75, 3.05) is 6.54 Å². The molecule has 0 spiro atoms. The molecule has 0 aliphatic carbocycles. The molecular weight excluding hydrogens is 340 g/mol. The number of hydrogen-bond donors (Lipinski definition) is 1. The van der Waals surface area contributed by atoms with Crippen LogP contribution >= 0.6 is 0 Å². The first-order valence-corrected chi connectivity index (χ1v) is 8.97. The molecule has 0 aliphatic heterocycles. The van der Waals surface area contributed by atoms with Crippen LogP contribution in [0.1, 0.15) is 24.9 Å². The van der Waals surface area contributed by atoms with Gasteiger partial charge in [0, 0.05) is 30.6 Å². The van der Waals surface area contributed by atoms with Crippen molar-refractivity contribution in [2.24, 2.45) is 0 Å². The van der Waals surface area contributed by atoms with Crippen LogP contribution in [0.25, 0.3) is 11.3 Å². The van der Waals surface area contributed by atoms with Gasteiger partial charge >= 0.3 is 0 Å². The number of nitrogens with zero attached hydrogens (tertiary/aromatic N) is 3. The zero-order valence-electron chi connectivity index (χ0n) is 15.2. The van der Waals surface area contributed by atoms with E-state index in [9.17, 15) is 9.59 Å². The average molecular weight is 362 g/mol. The third-order valence-corrected chi connectivity index (χ3v) is 4.33. The molecule has 2 aromatic heterocycles. The molecular formula is C21H22N4O2. The Morgan fingerprint density at radius 2 is 1.81 bits per heavy atom. The van der Waals surface area contributed by atoms with E-state index in [1.54, 1.807) is 25.4 Å². The molecule has 6 nitrogen and oxygen atoms in total. The van der Waals surface area contributed by atoms with Crippen molar-refractivity contribution in [3.8, 4) is 11.3 Å². The lowest BCUT2D eigenvalue weighted by Gasteiger charge is -2.15. The van der Waals surface area contributed by atoms with Crippen molar-refractivity contribution >= 4 is 5.91 Å². The van der Waals surface area contributed by atoms with E-state index in [0.717, 1.165) is 18.4 Å². The molecule has 1 atom stereocenters. The van der Waals surface area contributed by atoms with E-state index < -0.39 is 6.04 Å². The number of carbonyl (C=O) groups excluding carboxylic acids is 1. The highest BCUT2D eigenvalue weighted by molar-refractivity contribution is 5.79. The Morgan fingerprint density at radius 3 is 2.56 bits per heavy atom. The van der Waals surface area contributed by atoms with Gasteiger partial charge in [-0.25, -0.2) is 4.68 Å². The summed E-state index contributed by atoms with van der Waals surface area (Å²) < 4.78 is 1.22. The Labute approximate surface area is 157 Å². The molecule has 1 amide bonds. The standard InChI is InChI=1S/C21H22N4O2/c1-16(21(27)23-13-5-8-17-6-3-2-4-7-17)25-20(26)10-9-19(24-25)18-11-14-22-15-12-18/h2-4,6-7,9-12,14-16H,5,8,13H2,1H3,(H,23,27). The van der Waals surface area contributed by atoms with Crippen molar-refractivity contribution in [3.05, 3.63) is 82.9 Å². The number of rotatable bonds is 7. The minimum Gasteiger partial charge on any atom is -0.354 e. The summed E-state index contributed by atoms with van der Waals surface area (Å²) in [6.07, 6.45) is 5.05. The van der Waals surface area contributed by atoms with Crippen molar-refractivity contribution in [2.45, 2.75) is 25.8 Å². The molecule has 6 heteroatoms. The largest absolute Gasteiger partial charge is 0.354 e. The number of amides is 1. The fraction of sp³-hybridized carbons (Fsp3) is 0.238. The Kier molecular flexibility index (Phi) is 6.10. The minimum atomic E-state index is -0.684. The highest BCUT2D eigenvalue weighted by atomic mass is 16.2. The molecule has 3 rings (SSSR count). The first kappa shape index (κ1) is 18.5. The van der Waals surface area contributed by atoms with Crippen LogP contribution in [0, 0.1) is 0 Å². The molecule has 0 fully saturated rings. The van der Waals surface area contributed by atoms with Crippen molar-refractivity contribution in [3.63, 3.8) is 0 Å². The second kappa shape index (κ2) is 8.89. The van der Waals surface area contributed by atoms with Gasteiger partial charge in [-0.1, -0.05) is 30.3 Å². The van der Waals surface area contributed by atoms with E-state index >= 15 is 0 Å². The zero-order chi connectivity index (χ0) is 19.1. The normalized spacial score (nSPS) is 11.7. The van der Waals surface area contributed by atoms with Crippen LogP contribution in [0.3, 0.4) is 0 Å². The molecule has 2 heterocycles. The van der Waals surface area contributed by atoms with Gasteiger partial charge in [0.05, 0.1) is 5.69 Å². The second-order valence-corrected chi connectivity index (χ2v) is 6.29. The van der Waals surface area contributed by atoms with Crippen LogP contribution in [0.2, 0.25) is 0 Å². The maximum absolute atomic E-state index is 12.4. The summed E-state index contributed by atoms with van der Waals surface area (Å²) in [5.74, 6) is -0.218. The van der Waals surface area contributed by atoms with E-state index in [4.69, 9.17) is 0 Å². The highest BCUT2D eigenvalue weighted by Crippen LogP contribution is 2.14. The minimum absolute atomic E-state index is 0.218. The van der Waals surface area contributed by atoms with E-state index in [0.29, 0.717) is 12.2 Å². The Bertz CT molecular complexity index is 939.